The van der Waals surface area contributed by atoms with Crippen molar-refractivity contribution in [2.45, 2.75) is 0 Å². The van der Waals surface area contributed by atoms with Crippen LogP contribution in [0.5, 0.6) is 0 Å². The third-order valence-corrected chi connectivity index (χ3v) is 5.03. The molecule has 0 radical (unpaired) electrons. The van der Waals surface area contributed by atoms with E-state index in [0.29, 0.717) is 0 Å². The fourth-order valence-corrected chi connectivity index (χ4v) is 4.01. The first kappa shape index (κ1) is 12.9. The number of hydrogen-bond donors (Lipinski definition) is 0. The normalized spacial score (nSPS) is 12.0. The van der Waals surface area contributed by atoms with Gasteiger partial charge in [0.2, 0.25) is 0 Å². The molecule has 6 aromatic rings. The molecule has 0 amide bonds. The van der Waals surface area contributed by atoms with Gasteiger partial charge in [0, 0.05) is 33.9 Å². The Kier molecular flexibility index (Phi) is 2.35. The summed E-state index contributed by atoms with van der Waals surface area (Å²) in [6.07, 6.45) is 3.71. The van der Waals surface area contributed by atoms with Gasteiger partial charge < -0.3 is 4.40 Å². The lowest BCUT2D eigenvalue weighted by Gasteiger charge is -2.11. The summed E-state index contributed by atoms with van der Waals surface area (Å²) in [5.74, 6) is 0. The maximum atomic E-state index is 4.71. The number of benzene rings is 2. The van der Waals surface area contributed by atoms with E-state index < -0.39 is 0 Å². The molecule has 25 heavy (non-hydrogen) atoms. The molecule has 0 atom stereocenters. The van der Waals surface area contributed by atoms with E-state index in [0.717, 1.165) is 16.6 Å². The molecule has 2 aromatic carbocycles. The van der Waals surface area contributed by atoms with Crippen molar-refractivity contribution in [2.24, 2.45) is 0 Å². The number of rotatable bonds is 0. The van der Waals surface area contributed by atoms with E-state index >= 15 is 0 Å². The Morgan fingerprint density at radius 1 is 0.640 bits per heavy atom. The highest BCUT2D eigenvalue weighted by Crippen LogP contribution is 2.36. The average molecular weight is 319 g/mol. The Labute approximate surface area is 143 Å². The van der Waals surface area contributed by atoms with Crippen LogP contribution in [0.3, 0.4) is 0 Å². The Hall–Kier alpha value is -3.46. The second-order valence-electron chi connectivity index (χ2n) is 6.35. The standard InChI is InChI=1S/C22H13N3/c1-2-7-18-14(5-1)13-20-21-15-6-3-11-23-17(15)10-9-16(21)22-19(25(18)20)8-4-12-24-22/h1-13H. The summed E-state index contributed by atoms with van der Waals surface area (Å²) in [5.41, 5.74) is 5.58. The minimum atomic E-state index is 1.01. The monoisotopic (exact) mass is 319 g/mol. The molecule has 6 rings (SSSR count). The summed E-state index contributed by atoms with van der Waals surface area (Å²) in [4.78, 5) is 9.25. The van der Waals surface area contributed by atoms with Crippen LogP contribution in [0.2, 0.25) is 0 Å². The molecule has 0 saturated carbocycles. The second-order valence-corrected chi connectivity index (χ2v) is 6.35. The van der Waals surface area contributed by atoms with Crippen molar-refractivity contribution in [1.82, 2.24) is 14.4 Å². The molecule has 0 saturated heterocycles. The molecule has 4 aromatic heterocycles. The minimum absolute atomic E-state index is 1.01. The SMILES string of the molecule is c1ccc2c(c1)cc1c3c4cccnc4ccc3c3ncccc3n21. The van der Waals surface area contributed by atoms with Crippen LogP contribution < -0.4 is 0 Å². The topological polar surface area (TPSA) is 30.2 Å². The van der Waals surface area contributed by atoms with Crippen molar-refractivity contribution >= 4 is 49.1 Å². The van der Waals surface area contributed by atoms with Gasteiger partial charge in [-0.3, -0.25) is 9.97 Å². The highest BCUT2D eigenvalue weighted by molar-refractivity contribution is 6.23. The van der Waals surface area contributed by atoms with E-state index in [9.17, 15) is 0 Å². The molecule has 3 heteroatoms. The Morgan fingerprint density at radius 2 is 1.48 bits per heavy atom. The zero-order chi connectivity index (χ0) is 16.4. The van der Waals surface area contributed by atoms with Crippen LogP contribution in [-0.4, -0.2) is 14.4 Å². The number of nitrogens with zero attached hydrogens (tertiary/aromatic N) is 3. The number of pyridine rings is 3. The van der Waals surface area contributed by atoms with Crippen molar-refractivity contribution in [1.29, 1.82) is 0 Å². The van der Waals surface area contributed by atoms with E-state index in [2.05, 4.69) is 64.0 Å². The average Bonchev–Trinajstić information content (AvgIpc) is 3.07. The lowest BCUT2D eigenvalue weighted by molar-refractivity contribution is 1.31. The summed E-state index contributed by atoms with van der Waals surface area (Å²) < 4.78 is 2.33. The first-order valence-electron chi connectivity index (χ1n) is 8.36. The Morgan fingerprint density at radius 3 is 2.48 bits per heavy atom. The van der Waals surface area contributed by atoms with E-state index in [-0.39, 0.29) is 0 Å². The van der Waals surface area contributed by atoms with Crippen LogP contribution in [0.1, 0.15) is 0 Å². The fraction of sp³-hybridized carbons (Fsp3) is 0. The third kappa shape index (κ3) is 1.59. The number of para-hydroxylation sites is 1. The lowest BCUT2D eigenvalue weighted by Crippen LogP contribution is -1.93. The Bertz CT molecular complexity index is 1440. The molecule has 0 unspecified atom stereocenters. The first-order chi connectivity index (χ1) is 12.4. The number of fused-ring (bicyclic) bond motifs is 10. The van der Waals surface area contributed by atoms with Crippen LogP contribution in [0.4, 0.5) is 0 Å². The zero-order valence-electron chi connectivity index (χ0n) is 13.3. The summed E-state index contributed by atoms with van der Waals surface area (Å²) in [7, 11) is 0. The van der Waals surface area contributed by atoms with Gasteiger partial charge in [-0.1, -0.05) is 24.3 Å². The van der Waals surface area contributed by atoms with Gasteiger partial charge in [0.05, 0.1) is 27.6 Å². The summed E-state index contributed by atoms with van der Waals surface area (Å²) in [6.45, 7) is 0. The van der Waals surface area contributed by atoms with E-state index in [1.807, 2.05) is 24.5 Å². The van der Waals surface area contributed by atoms with Crippen LogP contribution in [0.25, 0.3) is 49.1 Å². The van der Waals surface area contributed by atoms with Crippen molar-refractivity contribution in [3.05, 3.63) is 79.1 Å². The van der Waals surface area contributed by atoms with Gasteiger partial charge in [0.25, 0.3) is 0 Å². The lowest BCUT2D eigenvalue weighted by atomic mass is 10.0. The zero-order valence-corrected chi connectivity index (χ0v) is 13.3. The largest absolute Gasteiger partial charge is 0.307 e. The molecule has 0 bridgehead atoms. The number of hydrogen-bond acceptors (Lipinski definition) is 2. The predicted molar refractivity (Wildman–Crippen MR) is 103 cm³/mol. The molecule has 3 nitrogen and oxygen atoms in total. The van der Waals surface area contributed by atoms with Crippen LogP contribution in [0, 0.1) is 0 Å². The highest BCUT2D eigenvalue weighted by Gasteiger charge is 2.14. The van der Waals surface area contributed by atoms with Gasteiger partial charge in [-0.2, -0.15) is 0 Å². The van der Waals surface area contributed by atoms with E-state index in [1.54, 1.807) is 0 Å². The highest BCUT2D eigenvalue weighted by atomic mass is 14.9. The summed E-state index contributed by atoms with van der Waals surface area (Å²) >= 11 is 0. The third-order valence-electron chi connectivity index (χ3n) is 5.03. The van der Waals surface area contributed by atoms with Crippen LogP contribution in [-0.2, 0) is 0 Å². The van der Waals surface area contributed by atoms with Gasteiger partial charge >= 0.3 is 0 Å². The van der Waals surface area contributed by atoms with E-state index in [1.165, 1.54) is 32.6 Å². The fourth-order valence-electron chi connectivity index (χ4n) is 4.01. The molecular formula is C22H13N3. The van der Waals surface area contributed by atoms with E-state index in [4.69, 9.17) is 4.98 Å². The van der Waals surface area contributed by atoms with Crippen molar-refractivity contribution < 1.29 is 0 Å². The summed E-state index contributed by atoms with van der Waals surface area (Å²) in [5, 5.41) is 4.79. The smallest absolute Gasteiger partial charge is 0.0949 e. The minimum Gasteiger partial charge on any atom is -0.307 e. The van der Waals surface area contributed by atoms with Gasteiger partial charge in [0.1, 0.15) is 0 Å². The maximum Gasteiger partial charge on any atom is 0.0949 e. The number of aromatic nitrogens is 3. The first-order valence-corrected chi connectivity index (χ1v) is 8.36. The predicted octanol–water partition coefficient (Wildman–Crippen LogP) is 5.34. The molecule has 0 spiro atoms. The second kappa shape index (κ2) is 4.54. The molecular weight excluding hydrogens is 306 g/mol. The quantitative estimate of drug-likeness (QED) is 0.354. The van der Waals surface area contributed by atoms with Crippen molar-refractivity contribution in [3.8, 4) is 0 Å². The molecule has 0 fully saturated rings. The van der Waals surface area contributed by atoms with Gasteiger partial charge in [-0.25, -0.2) is 0 Å². The molecule has 0 aliphatic heterocycles. The van der Waals surface area contributed by atoms with Crippen molar-refractivity contribution in [3.63, 3.8) is 0 Å². The van der Waals surface area contributed by atoms with Gasteiger partial charge in [-0.15, -0.1) is 0 Å². The molecule has 116 valence electrons. The van der Waals surface area contributed by atoms with Crippen LogP contribution >= 0.6 is 0 Å². The maximum absolute atomic E-state index is 4.71. The Balaban J connectivity index is 2.08. The summed E-state index contributed by atoms with van der Waals surface area (Å²) in [6, 6.07) is 23.3. The molecule has 4 heterocycles. The van der Waals surface area contributed by atoms with Gasteiger partial charge in [-0.05, 0) is 42.5 Å². The van der Waals surface area contributed by atoms with Gasteiger partial charge in [0.15, 0.2) is 0 Å². The molecule has 0 aliphatic carbocycles. The molecule has 0 aliphatic rings. The van der Waals surface area contributed by atoms with Crippen LogP contribution in [0.15, 0.2) is 79.1 Å². The molecule has 0 N–H and O–H groups in total. The van der Waals surface area contributed by atoms with Crippen molar-refractivity contribution in [2.75, 3.05) is 0 Å².